The fourth-order valence-corrected chi connectivity index (χ4v) is 4.36. The van der Waals surface area contributed by atoms with E-state index in [1.165, 1.54) is 12.5 Å². The van der Waals surface area contributed by atoms with E-state index >= 15 is 0 Å². The van der Waals surface area contributed by atoms with Gasteiger partial charge in [0.25, 0.3) is 0 Å². The highest BCUT2D eigenvalue weighted by atomic mass is 19.1. The first-order valence-electron chi connectivity index (χ1n) is 7.31. The van der Waals surface area contributed by atoms with E-state index in [1.54, 1.807) is 19.2 Å². The third-order valence-corrected chi connectivity index (χ3v) is 5.12. The molecule has 1 aliphatic heterocycles. The fraction of sp³-hybridized carbons (Fsp3) is 0.625. The van der Waals surface area contributed by atoms with Crippen molar-refractivity contribution in [3.05, 3.63) is 29.6 Å². The van der Waals surface area contributed by atoms with E-state index in [-0.39, 0.29) is 17.6 Å². The second-order valence-electron chi connectivity index (χ2n) is 6.18. The number of hydrogen-bond donors (Lipinski definition) is 1. The van der Waals surface area contributed by atoms with Crippen LogP contribution in [0.3, 0.4) is 0 Å². The Balaban J connectivity index is 2.13. The van der Waals surface area contributed by atoms with Crippen molar-refractivity contribution in [1.29, 1.82) is 0 Å². The van der Waals surface area contributed by atoms with Crippen LogP contribution in [0.15, 0.2) is 18.2 Å². The monoisotopic (exact) mass is 279 g/mol. The fourth-order valence-electron chi connectivity index (χ4n) is 4.36. The molecule has 4 heteroatoms. The van der Waals surface area contributed by atoms with Crippen LogP contribution in [0.2, 0.25) is 0 Å². The summed E-state index contributed by atoms with van der Waals surface area (Å²) in [6.45, 7) is 1.83. The van der Waals surface area contributed by atoms with Crippen LogP contribution in [0.1, 0.15) is 24.8 Å². The summed E-state index contributed by atoms with van der Waals surface area (Å²) in [5, 5.41) is 9.71. The van der Waals surface area contributed by atoms with Gasteiger partial charge in [-0.25, -0.2) is 4.39 Å². The predicted octanol–water partition coefficient (Wildman–Crippen LogP) is 2.73. The van der Waals surface area contributed by atoms with Gasteiger partial charge in [0.05, 0.1) is 0 Å². The number of halogens is 1. The first kappa shape index (κ1) is 13.8. The third-order valence-electron chi connectivity index (χ3n) is 5.12. The van der Waals surface area contributed by atoms with Gasteiger partial charge in [0.1, 0.15) is 5.60 Å². The number of ether oxygens (including phenoxy) is 1. The molecular formula is C16H22FNO2. The first-order chi connectivity index (χ1) is 9.59. The normalized spacial score (nSPS) is 34.1. The van der Waals surface area contributed by atoms with E-state index in [1.807, 2.05) is 0 Å². The Morgan fingerprint density at radius 3 is 2.55 bits per heavy atom. The molecule has 1 aromatic rings. The van der Waals surface area contributed by atoms with Gasteiger partial charge < -0.3 is 14.7 Å². The summed E-state index contributed by atoms with van der Waals surface area (Å²) in [7, 11) is 3.80. The number of aromatic hydroxyl groups is 1. The lowest BCUT2D eigenvalue weighted by Crippen LogP contribution is -2.58. The van der Waals surface area contributed by atoms with Crippen LogP contribution in [0.5, 0.6) is 5.75 Å². The molecule has 20 heavy (non-hydrogen) atoms. The van der Waals surface area contributed by atoms with Gasteiger partial charge in [-0.3, -0.25) is 0 Å². The van der Waals surface area contributed by atoms with Gasteiger partial charge in [0, 0.05) is 37.6 Å². The Morgan fingerprint density at radius 1 is 1.30 bits per heavy atom. The number of rotatable bonds is 2. The number of piperidine rings is 1. The molecule has 0 aromatic heterocycles. The number of likely N-dealkylation sites (tertiary alicyclic amines) is 1. The lowest BCUT2D eigenvalue weighted by atomic mass is 9.62. The van der Waals surface area contributed by atoms with Gasteiger partial charge in [0.2, 0.25) is 0 Å². The van der Waals surface area contributed by atoms with Crippen molar-refractivity contribution in [1.82, 2.24) is 4.90 Å². The number of hydrogen-bond acceptors (Lipinski definition) is 3. The second-order valence-corrected chi connectivity index (χ2v) is 6.18. The molecule has 3 rings (SSSR count). The third kappa shape index (κ3) is 1.85. The van der Waals surface area contributed by atoms with Crippen molar-refractivity contribution < 1.29 is 14.2 Å². The average Bonchev–Trinajstić information content (AvgIpc) is 2.41. The standard InChI is InChI=1S/C16H22FNO2/c1-18-9-11-5-3-6-12(10-18)16(11,20-2)13-7-4-8-14(19)15(13)17/h4,7-8,11-12,19H,3,5-6,9-10H2,1-2H3/t11-,12+,16?. The average molecular weight is 279 g/mol. The molecule has 0 spiro atoms. The van der Waals surface area contributed by atoms with Crippen LogP contribution in [0, 0.1) is 17.7 Å². The van der Waals surface area contributed by atoms with Crippen molar-refractivity contribution in [2.24, 2.45) is 11.8 Å². The van der Waals surface area contributed by atoms with Crippen LogP contribution in [0.4, 0.5) is 4.39 Å². The Hall–Kier alpha value is -1.13. The van der Waals surface area contributed by atoms with Crippen molar-refractivity contribution >= 4 is 0 Å². The van der Waals surface area contributed by atoms with Crippen LogP contribution < -0.4 is 0 Å². The van der Waals surface area contributed by atoms with Crippen molar-refractivity contribution in [2.75, 3.05) is 27.2 Å². The molecule has 2 bridgehead atoms. The molecule has 3 atom stereocenters. The van der Waals surface area contributed by atoms with Gasteiger partial charge in [0.15, 0.2) is 11.6 Å². The van der Waals surface area contributed by atoms with Crippen LogP contribution >= 0.6 is 0 Å². The number of methoxy groups -OCH3 is 1. The Bertz CT molecular complexity index is 491. The smallest absolute Gasteiger partial charge is 0.170 e. The summed E-state index contributed by atoms with van der Waals surface area (Å²) < 4.78 is 20.4. The molecular weight excluding hydrogens is 257 g/mol. The van der Waals surface area contributed by atoms with E-state index in [9.17, 15) is 9.50 Å². The number of nitrogens with zero attached hydrogens (tertiary/aromatic N) is 1. The molecule has 2 fully saturated rings. The van der Waals surface area contributed by atoms with E-state index in [4.69, 9.17) is 4.74 Å². The molecule has 3 nitrogen and oxygen atoms in total. The molecule has 0 radical (unpaired) electrons. The molecule has 110 valence electrons. The Kier molecular flexibility index (Phi) is 3.46. The summed E-state index contributed by atoms with van der Waals surface area (Å²) in [4.78, 5) is 2.31. The zero-order valence-electron chi connectivity index (χ0n) is 12.1. The molecule has 1 saturated carbocycles. The van der Waals surface area contributed by atoms with Gasteiger partial charge in [-0.15, -0.1) is 0 Å². The number of phenols is 1. The minimum Gasteiger partial charge on any atom is -0.505 e. The predicted molar refractivity (Wildman–Crippen MR) is 75.1 cm³/mol. The highest BCUT2D eigenvalue weighted by Gasteiger charge is 2.53. The van der Waals surface area contributed by atoms with Gasteiger partial charge in [-0.2, -0.15) is 0 Å². The highest BCUT2D eigenvalue weighted by molar-refractivity contribution is 5.36. The summed E-state index contributed by atoms with van der Waals surface area (Å²) in [5.74, 6) is -0.241. The largest absolute Gasteiger partial charge is 0.505 e. The molecule has 1 unspecified atom stereocenters. The number of fused-ring (bicyclic) bond motifs is 2. The van der Waals surface area contributed by atoms with Crippen molar-refractivity contribution in [3.63, 3.8) is 0 Å². The summed E-state index contributed by atoms with van der Waals surface area (Å²) in [5.41, 5.74) is -0.0593. The lowest BCUT2D eigenvalue weighted by Gasteiger charge is -2.54. The number of benzene rings is 1. The number of phenolic OH excluding ortho intramolecular Hbond substituents is 1. The maximum atomic E-state index is 14.5. The molecule has 1 heterocycles. The summed E-state index contributed by atoms with van der Waals surface area (Å²) in [6, 6.07) is 4.88. The molecule has 1 N–H and O–H groups in total. The van der Waals surface area contributed by atoms with Crippen molar-refractivity contribution in [3.8, 4) is 5.75 Å². The molecule has 1 aromatic carbocycles. The van der Waals surface area contributed by atoms with Crippen molar-refractivity contribution in [2.45, 2.75) is 24.9 Å². The molecule has 2 aliphatic rings. The van der Waals surface area contributed by atoms with Gasteiger partial charge in [-0.1, -0.05) is 18.6 Å². The second kappa shape index (κ2) is 5.01. The minimum absolute atomic E-state index is 0.279. The Morgan fingerprint density at radius 2 is 1.95 bits per heavy atom. The SMILES string of the molecule is COC1(c2cccc(O)c2F)[C@@H]2CCC[C@H]1CN(C)C2. The molecule has 1 aliphatic carbocycles. The maximum absolute atomic E-state index is 14.5. The summed E-state index contributed by atoms with van der Waals surface area (Å²) >= 11 is 0. The molecule has 1 saturated heterocycles. The zero-order chi connectivity index (χ0) is 14.3. The van der Waals surface area contributed by atoms with Crippen LogP contribution in [0.25, 0.3) is 0 Å². The zero-order valence-corrected chi connectivity index (χ0v) is 12.1. The summed E-state index contributed by atoms with van der Waals surface area (Å²) in [6.07, 6.45) is 3.27. The van der Waals surface area contributed by atoms with E-state index < -0.39 is 11.4 Å². The van der Waals surface area contributed by atoms with Gasteiger partial charge in [-0.05, 0) is 26.0 Å². The topological polar surface area (TPSA) is 32.7 Å². The van der Waals surface area contributed by atoms with Gasteiger partial charge >= 0.3 is 0 Å². The van der Waals surface area contributed by atoms with E-state index in [2.05, 4.69) is 11.9 Å². The highest BCUT2D eigenvalue weighted by Crippen LogP contribution is 2.52. The first-order valence-corrected chi connectivity index (χ1v) is 7.31. The van der Waals surface area contributed by atoms with Crippen LogP contribution in [-0.4, -0.2) is 37.3 Å². The molecule has 0 amide bonds. The minimum atomic E-state index is -0.590. The van der Waals surface area contributed by atoms with E-state index in [0.29, 0.717) is 5.56 Å². The van der Waals surface area contributed by atoms with E-state index in [0.717, 1.165) is 25.9 Å². The van der Waals surface area contributed by atoms with Crippen LogP contribution in [-0.2, 0) is 10.3 Å². The quantitative estimate of drug-likeness (QED) is 0.903. The lowest BCUT2D eigenvalue weighted by molar-refractivity contribution is -0.167. The Labute approximate surface area is 119 Å². The maximum Gasteiger partial charge on any atom is 0.170 e.